The van der Waals surface area contributed by atoms with Gasteiger partial charge in [0.1, 0.15) is 5.75 Å². The summed E-state index contributed by atoms with van der Waals surface area (Å²) in [7, 11) is 0. The van der Waals surface area contributed by atoms with Crippen molar-refractivity contribution in [3.63, 3.8) is 0 Å². The highest BCUT2D eigenvalue weighted by atomic mass is 19.4. The molecule has 0 aliphatic carbocycles. The second-order valence-electron chi connectivity index (χ2n) is 8.07. The van der Waals surface area contributed by atoms with Crippen LogP contribution in [0.25, 0.3) is 32.9 Å². The predicted molar refractivity (Wildman–Crippen MR) is 133 cm³/mol. The van der Waals surface area contributed by atoms with Crippen LogP contribution in [-0.4, -0.2) is 22.2 Å². The van der Waals surface area contributed by atoms with Gasteiger partial charge >= 0.3 is 6.18 Å². The third-order valence-corrected chi connectivity index (χ3v) is 5.76. The van der Waals surface area contributed by atoms with Crippen molar-refractivity contribution in [1.82, 2.24) is 10.4 Å². The van der Waals surface area contributed by atoms with Crippen LogP contribution in [0.1, 0.15) is 21.5 Å². The van der Waals surface area contributed by atoms with Crippen LogP contribution in [0.4, 0.5) is 13.2 Å². The minimum Gasteiger partial charge on any atom is -0.507 e. The van der Waals surface area contributed by atoms with Gasteiger partial charge in [0.2, 0.25) is 0 Å². The van der Waals surface area contributed by atoms with E-state index >= 15 is 0 Å². The molecule has 5 rings (SSSR count). The summed E-state index contributed by atoms with van der Waals surface area (Å²) in [5, 5.41) is 16.5. The highest BCUT2D eigenvalue weighted by Gasteiger charge is 2.30. The molecule has 5 nitrogen and oxygen atoms in total. The molecule has 8 heteroatoms. The van der Waals surface area contributed by atoms with Gasteiger partial charge in [0.05, 0.1) is 28.6 Å². The normalized spacial score (nSPS) is 11.9. The minimum absolute atomic E-state index is 0.0747. The van der Waals surface area contributed by atoms with Crippen molar-refractivity contribution in [2.45, 2.75) is 6.18 Å². The van der Waals surface area contributed by atoms with Gasteiger partial charge in [-0.2, -0.15) is 18.3 Å². The molecule has 1 heterocycles. The zero-order valence-corrected chi connectivity index (χ0v) is 18.6. The molecule has 0 saturated heterocycles. The monoisotopic (exact) mass is 485 g/mol. The standard InChI is InChI=1S/C28H18F3N3O2/c29-28(30,31)20-12-9-18(10-13-20)24-15-19(16-32-34-27(36)23-7-3-4-8-25(23)35)22-14-11-17-5-1-2-6-21(17)26(22)33-24/h1-16,35H,(H,34,36)/b32-16+. The number of nitrogens with zero attached hydrogens (tertiary/aromatic N) is 2. The summed E-state index contributed by atoms with van der Waals surface area (Å²) >= 11 is 0. The van der Waals surface area contributed by atoms with E-state index in [9.17, 15) is 23.1 Å². The first-order valence-electron chi connectivity index (χ1n) is 10.9. The summed E-state index contributed by atoms with van der Waals surface area (Å²) in [6.07, 6.45) is -2.99. The Balaban J connectivity index is 1.59. The molecule has 0 radical (unpaired) electrons. The number of hydrazone groups is 1. The third-order valence-electron chi connectivity index (χ3n) is 5.76. The second-order valence-corrected chi connectivity index (χ2v) is 8.07. The number of halogens is 3. The van der Waals surface area contributed by atoms with Crippen molar-refractivity contribution in [2.75, 3.05) is 0 Å². The van der Waals surface area contributed by atoms with E-state index < -0.39 is 17.6 Å². The summed E-state index contributed by atoms with van der Waals surface area (Å²) in [5.74, 6) is -0.758. The number of carbonyl (C=O) groups is 1. The molecule has 0 spiro atoms. The average Bonchev–Trinajstić information content (AvgIpc) is 2.88. The number of rotatable bonds is 4. The van der Waals surface area contributed by atoms with E-state index in [1.54, 1.807) is 18.2 Å². The smallest absolute Gasteiger partial charge is 0.416 e. The number of alkyl halides is 3. The lowest BCUT2D eigenvalue weighted by Crippen LogP contribution is -2.17. The molecule has 0 unspecified atom stereocenters. The Morgan fingerprint density at radius 1 is 0.889 bits per heavy atom. The Bertz CT molecular complexity index is 1630. The molecular weight excluding hydrogens is 467 g/mol. The van der Waals surface area contributed by atoms with E-state index in [1.165, 1.54) is 30.5 Å². The Hall–Kier alpha value is -4.72. The minimum atomic E-state index is -4.44. The Morgan fingerprint density at radius 3 is 2.36 bits per heavy atom. The second kappa shape index (κ2) is 9.14. The molecule has 0 aliphatic rings. The van der Waals surface area contributed by atoms with E-state index in [0.717, 1.165) is 28.3 Å². The van der Waals surface area contributed by atoms with Crippen LogP contribution in [0.2, 0.25) is 0 Å². The SMILES string of the molecule is O=C(N/N=C/c1cc(-c2ccc(C(F)(F)F)cc2)nc2c1ccc1ccccc12)c1ccccc1O. The lowest BCUT2D eigenvalue weighted by Gasteiger charge is -2.11. The molecule has 1 aromatic heterocycles. The average molecular weight is 485 g/mol. The Kier molecular flexibility index (Phi) is 5.85. The van der Waals surface area contributed by atoms with Crippen molar-refractivity contribution >= 4 is 33.8 Å². The van der Waals surface area contributed by atoms with Crippen LogP contribution >= 0.6 is 0 Å². The van der Waals surface area contributed by atoms with Crippen molar-refractivity contribution in [1.29, 1.82) is 0 Å². The largest absolute Gasteiger partial charge is 0.507 e. The number of hydrogen-bond acceptors (Lipinski definition) is 4. The number of aromatic hydroxyl groups is 1. The zero-order chi connectivity index (χ0) is 25.3. The number of para-hydroxylation sites is 1. The maximum absolute atomic E-state index is 13.0. The van der Waals surface area contributed by atoms with Crippen LogP contribution in [0.5, 0.6) is 5.75 Å². The summed E-state index contributed by atoms with van der Waals surface area (Å²) < 4.78 is 39.1. The maximum Gasteiger partial charge on any atom is 0.416 e. The first kappa shape index (κ1) is 23.0. The van der Waals surface area contributed by atoms with Crippen LogP contribution in [0.3, 0.4) is 0 Å². The Labute approximate surface area is 203 Å². The molecule has 36 heavy (non-hydrogen) atoms. The van der Waals surface area contributed by atoms with Gasteiger partial charge < -0.3 is 5.11 Å². The molecule has 2 N–H and O–H groups in total. The number of pyridine rings is 1. The van der Waals surface area contributed by atoms with Gasteiger partial charge in [-0.05, 0) is 35.7 Å². The zero-order valence-electron chi connectivity index (χ0n) is 18.6. The molecule has 4 aromatic carbocycles. The number of aromatic nitrogens is 1. The topological polar surface area (TPSA) is 74.6 Å². The number of amides is 1. The van der Waals surface area contributed by atoms with E-state index in [2.05, 4.69) is 10.5 Å². The molecule has 5 aromatic rings. The fraction of sp³-hybridized carbons (Fsp3) is 0.0357. The highest BCUT2D eigenvalue weighted by Crippen LogP contribution is 2.33. The van der Waals surface area contributed by atoms with Crippen molar-refractivity contribution in [3.8, 4) is 17.0 Å². The van der Waals surface area contributed by atoms with E-state index in [4.69, 9.17) is 4.98 Å². The summed E-state index contributed by atoms with van der Waals surface area (Å²) in [4.78, 5) is 17.2. The molecule has 0 fully saturated rings. The van der Waals surface area contributed by atoms with Crippen LogP contribution < -0.4 is 5.43 Å². The van der Waals surface area contributed by atoms with E-state index in [0.29, 0.717) is 22.3 Å². The van der Waals surface area contributed by atoms with E-state index in [-0.39, 0.29) is 11.3 Å². The number of phenols is 1. The van der Waals surface area contributed by atoms with Crippen molar-refractivity contribution in [3.05, 3.63) is 108 Å². The first-order valence-corrected chi connectivity index (χ1v) is 10.9. The van der Waals surface area contributed by atoms with E-state index in [1.807, 2.05) is 36.4 Å². The third kappa shape index (κ3) is 4.48. The van der Waals surface area contributed by atoms with Gasteiger partial charge in [0, 0.05) is 21.9 Å². The van der Waals surface area contributed by atoms with Gasteiger partial charge in [0.25, 0.3) is 5.91 Å². The molecular formula is C28H18F3N3O2. The molecule has 0 aliphatic heterocycles. The van der Waals surface area contributed by atoms with Gasteiger partial charge in [-0.25, -0.2) is 10.4 Å². The molecule has 178 valence electrons. The number of carbonyl (C=O) groups excluding carboxylic acids is 1. The van der Waals surface area contributed by atoms with Crippen LogP contribution in [-0.2, 0) is 6.18 Å². The fourth-order valence-corrected chi connectivity index (χ4v) is 3.96. The maximum atomic E-state index is 13.0. The lowest BCUT2D eigenvalue weighted by atomic mass is 10.00. The number of fused-ring (bicyclic) bond motifs is 3. The first-order chi connectivity index (χ1) is 17.3. The molecule has 0 saturated carbocycles. The van der Waals surface area contributed by atoms with Gasteiger partial charge in [-0.15, -0.1) is 0 Å². The highest BCUT2D eigenvalue weighted by molar-refractivity contribution is 6.11. The summed E-state index contributed by atoms with van der Waals surface area (Å²) in [6, 6.07) is 24.1. The van der Waals surface area contributed by atoms with Crippen LogP contribution in [0.15, 0.2) is 96.1 Å². The van der Waals surface area contributed by atoms with Gasteiger partial charge in [-0.3, -0.25) is 4.79 Å². The number of benzene rings is 4. The Morgan fingerprint density at radius 2 is 1.61 bits per heavy atom. The van der Waals surface area contributed by atoms with Gasteiger partial charge in [0.15, 0.2) is 0 Å². The molecule has 1 amide bonds. The van der Waals surface area contributed by atoms with Crippen LogP contribution in [0, 0.1) is 0 Å². The lowest BCUT2D eigenvalue weighted by molar-refractivity contribution is -0.137. The summed E-state index contributed by atoms with van der Waals surface area (Å²) in [5.41, 5.74) is 3.95. The fourth-order valence-electron chi connectivity index (χ4n) is 3.96. The summed E-state index contributed by atoms with van der Waals surface area (Å²) in [6.45, 7) is 0. The molecule has 0 bridgehead atoms. The number of phenolic OH excluding ortho intramolecular Hbond substituents is 1. The number of hydrogen-bond donors (Lipinski definition) is 2. The van der Waals surface area contributed by atoms with Crippen molar-refractivity contribution in [2.24, 2.45) is 5.10 Å². The molecule has 0 atom stereocenters. The quantitative estimate of drug-likeness (QED) is 0.172. The van der Waals surface area contributed by atoms with Gasteiger partial charge in [-0.1, -0.05) is 60.7 Å². The van der Waals surface area contributed by atoms with Crippen molar-refractivity contribution < 1.29 is 23.1 Å². The number of nitrogens with one attached hydrogen (secondary N) is 1. The predicted octanol–water partition coefficient (Wildman–Crippen LogP) is 6.54.